The maximum atomic E-state index is 13.5. The molecule has 12 heteroatoms. The van der Waals surface area contributed by atoms with E-state index in [1.54, 1.807) is 49.1 Å². The summed E-state index contributed by atoms with van der Waals surface area (Å²) in [5.74, 6) is -5.89. The van der Waals surface area contributed by atoms with Gasteiger partial charge in [0.05, 0.1) is 0 Å². The number of likely N-dealkylation sites (tertiary alicyclic amines) is 2. The molecule has 1 aromatic carbocycles. The van der Waals surface area contributed by atoms with Gasteiger partial charge in [-0.1, -0.05) is 44.2 Å². The summed E-state index contributed by atoms with van der Waals surface area (Å²) in [4.78, 5) is 54.7. The van der Waals surface area contributed by atoms with Crippen LogP contribution in [0.5, 0.6) is 0 Å². The fraction of sp³-hybridized carbons (Fsp3) is 0.630. The Kier molecular flexibility index (Phi) is 10.3. The zero-order chi connectivity index (χ0) is 28.7. The van der Waals surface area contributed by atoms with Gasteiger partial charge in [0.2, 0.25) is 17.6 Å². The van der Waals surface area contributed by atoms with Gasteiger partial charge in [0.25, 0.3) is 0 Å². The topological polar surface area (TPSA) is 111 Å². The molecule has 0 spiro atoms. The van der Waals surface area contributed by atoms with Crippen LogP contribution in [0, 0.1) is 11.8 Å². The summed E-state index contributed by atoms with van der Waals surface area (Å²) in [6, 6.07) is 7.11. The van der Waals surface area contributed by atoms with E-state index in [0.717, 1.165) is 12.8 Å². The van der Waals surface area contributed by atoms with E-state index in [4.69, 9.17) is 0 Å². The number of amides is 4. The molecular weight excluding hydrogens is 515 g/mol. The van der Waals surface area contributed by atoms with E-state index in [0.29, 0.717) is 37.5 Å². The molecule has 0 unspecified atom stereocenters. The number of hydrogen-bond acceptors (Lipinski definition) is 5. The van der Waals surface area contributed by atoms with Crippen LogP contribution in [0.4, 0.5) is 18.0 Å². The van der Waals surface area contributed by atoms with Crippen LogP contribution in [-0.4, -0.2) is 84.5 Å². The van der Waals surface area contributed by atoms with Crippen LogP contribution in [0.1, 0.15) is 45.1 Å². The van der Waals surface area contributed by atoms with Crippen LogP contribution < -0.4 is 16.0 Å². The molecule has 2 saturated heterocycles. The zero-order valence-electron chi connectivity index (χ0n) is 22.6. The molecule has 4 amide bonds. The maximum Gasteiger partial charge on any atom is 0.450 e. The summed E-state index contributed by atoms with van der Waals surface area (Å²) in [6.07, 6.45) is -4.04. The maximum absolute atomic E-state index is 13.5. The normalized spacial score (nSPS) is 20.0. The second kappa shape index (κ2) is 13.3. The fourth-order valence-corrected chi connectivity index (χ4v) is 5.08. The Bertz CT molecular complexity index is 1010. The van der Waals surface area contributed by atoms with Gasteiger partial charge in [-0.3, -0.25) is 14.4 Å². The number of hydrogen-bond donors (Lipinski definition) is 3. The molecule has 39 heavy (non-hydrogen) atoms. The van der Waals surface area contributed by atoms with Crippen molar-refractivity contribution in [3.05, 3.63) is 35.9 Å². The van der Waals surface area contributed by atoms with Crippen LogP contribution in [-0.2, 0) is 20.8 Å². The Labute approximate surface area is 226 Å². The first kappa shape index (κ1) is 30.4. The predicted octanol–water partition coefficient (Wildman–Crippen LogP) is 2.46. The van der Waals surface area contributed by atoms with Gasteiger partial charge < -0.3 is 25.8 Å². The Hall–Kier alpha value is -3.15. The number of rotatable bonds is 9. The first-order valence-electron chi connectivity index (χ1n) is 13.4. The molecule has 0 radical (unpaired) electrons. The highest BCUT2D eigenvalue weighted by Crippen LogP contribution is 2.25. The summed E-state index contributed by atoms with van der Waals surface area (Å²) < 4.78 is 40.1. The van der Waals surface area contributed by atoms with Gasteiger partial charge in [-0.2, -0.15) is 13.2 Å². The molecular formula is C27H38F3N5O4. The van der Waals surface area contributed by atoms with Gasteiger partial charge in [-0.05, 0) is 50.6 Å². The second-order valence-electron chi connectivity index (χ2n) is 10.5. The average molecular weight is 554 g/mol. The monoisotopic (exact) mass is 553 g/mol. The van der Waals surface area contributed by atoms with E-state index in [-0.39, 0.29) is 18.5 Å². The van der Waals surface area contributed by atoms with Crippen molar-refractivity contribution in [2.45, 2.75) is 70.4 Å². The Morgan fingerprint density at radius 2 is 1.64 bits per heavy atom. The summed E-state index contributed by atoms with van der Waals surface area (Å²) in [5, 5.41) is 8.54. The first-order chi connectivity index (χ1) is 18.4. The van der Waals surface area contributed by atoms with Crippen LogP contribution in [0.15, 0.2) is 30.3 Å². The van der Waals surface area contributed by atoms with Crippen molar-refractivity contribution in [2.24, 2.45) is 11.8 Å². The molecule has 2 aliphatic heterocycles. The van der Waals surface area contributed by atoms with Crippen molar-refractivity contribution in [2.75, 3.05) is 26.7 Å². The van der Waals surface area contributed by atoms with Gasteiger partial charge in [0, 0.05) is 25.7 Å². The minimum Gasteiger partial charge on any atom is -0.335 e. The third-order valence-corrected chi connectivity index (χ3v) is 7.44. The van der Waals surface area contributed by atoms with E-state index in [2.05, 4.69) is 16.0 Å². The molecule has 2 aliphatic rings. The zero-order valence-corrected chi connectivity index (χ0v) is 22.6. The molecule has 0 bridgehead atoms. The minimum absolute atomic E-state index is 0.271. The molecule has 0 aromatic heterocycles. The number of piperidine rings is 1. The lowest BCUT2D eigenvalue weighted by atomic mass is 9.93. The molecule has 0 saturated carbocycles. The lowest BCUT2D eigenvalue weighted by molar-refractivity contribution is -0.177. The summed E-state index contributed by atoms with van der Waals surface area (Å²) >= 11 is 0. The molecule has 2 fully saturated rings. The van der Waals surface area contributed by atoms with E-state index in [1.807, 2.05) is 7.05 Å². The highest BCUT2D eigenvalue weighted by molar-refractivity contribution is 6.04. The number of carbonyl (C=O) groups is 4. The third-order valence-electron chi connectivity index (χ3n) is 7.44. The van der Waals surface area contributed by atoms with Crippen LogP contribution in [0.3, 0.4) is 0 Å². The van der Waals surface area contributed by atoms with E-state index >= 15 is 0 Å². The summed E-state index contributed by atoms with van der Waals surface area (Å²) in [6.45, 7) is 4.95. The van der Waals surface area contributed by atoms with E-state index in [9.17, 15) is 32.3 Å². The number of Topliss-reactive ketones (excluding diaryl/α,β-unsaturated/α-hetero) is 1. The predicted molar refractivity (Wildman–Crippen MR) is 138 cm³/mol. The van der Waals surface area contributed by atoms with Crippen LogP contribution in [0.25, 0.3) is 0 Å². The van der Waals surface area contributed by atoms with Gasteiger partial charge in [-0.25, -0.2) is 4.79 Å². The summed E-state index contributed by atoms with van der Waals surface area (Å²) in [7, 11) is 1.88. The molecule has 3 atom stereocenters. The summed E-state index contributed by atoms with van der Waals surface area (Å²) in [5.41, 5.74) is 0.413. The van der Waals surface area contributed by atoms with E-state index in [1.165, 1.54) is 4.90 Å². The number of nitrogens with one attached hydrogen (secondary N) is 3. The van der Waals surface area contributed by atoms with Crippen molar-refractivity contribution in [1.82, 2.24) is 25.8 Å². The SMILES string of the molecule is CNC1CCN(C(=O)N[C@H](C(=O)N2CCC[C@H]2NC(=O)[C@@H](Cc2ccccc2)C(=O)C(F)(F)F)C(C)C)CC1. The van der Waals surface area contributed by atoms with Crippen molar-refractivity contribution in [3.63, 3.8) is 0 Å². The third kappa shape index (κ3) is 7.93. The number of urea groups is 1. The smallest absolute Gasteiger partial charge is 0.335 e. The molecule has 216 valence electrons. The molecule has 3 rings (SSSR count). The quantitative estimate of drug-likeness (QED) is 0.407. The second-order valence-corrected chi connectivity index (χ2v) is 10.5. The van der Waals surface area contributed by atoms with Crippen molar-refractivity contribution >= 4 is 23.6 Å². The van der Waals surface area contributed by atoms with E-state index < -0.39 is 48.3 Å². The van der Waals surface area contributed by atoms with Gasteiger partial charge >= 0.3 is 12.2 Å². The number of halogens is 3. The highest BCUT2D eigenvalue weighted by atomic mass is 19.4. The Balaban J connectivity index is 1.70. The molecule has 0 aliphatic carbocycles. The minimum atomic E-state index is -5.18. The number of carbonyl (C=O) groups excluding carboxylic acids is 4. The van der Waals surface area contributed by atoms with Gasteiger partial charge in [-0.15, -0.1) is 0 Å². The van der Waals surface area contributed by atoms with Gasteiger partial charge in [0.15, 0.2) is 0 Å². The number of nitrogens with zero attached hydrogens (tertiary/aromatic N) is 2. The lowest BCUT2D eigenvalue weighted by Crippen LogP contribution is -2.59. The standard InChI is InChI=1S/C27H38F3N5O4/c1-17(2)22(33-26(39)34-14-11-19(31-3)12-15-34)25(38)35-13-7-10-21(35)32-24(37)20(23(36)27(28,29)30)16-18-8-5-4-6-9-18/h4-6,8-9,17,19-22,31H,7,10-16H2,1-3H3,(H,32,37)(H,33,39)/t20-,21-,22-/m0/s1. The Morgan fingerprint density at radius 3 is 2.21 bits per heavy atom. The number of alkyl halides is 3. The van der Waals surface area contributed by atoms with Crippen LogP contribution in [0.2, 0.25) is 0 Å². The fourth-order valence-electron chi connectivity index (χ4n) is 5.08. The molecule has 9 nitrogen and oxygen atoms in total. The number of benzene rings is 1. The largest absolute Gasteiger partial charge is 0.450 e. The van der Waals surface area contributed by atoms with Gasteiger partial charge in [0.1, 0.15) is 18.1 Å². The molecule has 1 aromatic rings. The first-order valence-corrected chi connectivity index (χ1v) is 13.4. The highest BCUT2D eigenvalue weighted by Gasteiger charge is 2.47. The van der Waals surface area contributed by atoms with Crippen molar-refractivity contribution in [1.29, 1.82) is 0 Å². The lowest BCUT2D eigenvalue weighted by Gasteiger charge is -2.35. The molecule has 2 heterocycles. The van der Waals surface area contributed by atoms with Crippen molar-refractivity contribution < 1.29 is 32.3 Å². The average Bonchev–Trinajstić information content (AvgIpc) is 3.37. The number of ketones is 1. The van der Waals surface area contributed by atoms with Crippen molar-refractivity contribution in [3.8, 4) is 0 Å². The molecule has 3 N–H and O–H groups in total. The van der Waals surface area contributed by atoms with Crippen LogP contribution >= 0.6 is 0 Å². The Morgan fingerprint density at radius 1 is 1.00 bits per heavy atom.